The lowest BCUT2D eigenvalue weighted by Crippen LogP contribution is -2.23. The molecule has 0 unspecified atom stereocenters. The predicted molar refractivity (Wildman–Crippen MR) is 91.1 cm³/mol. The van der Waals surface area contributed by atoms with E-state index in [0.29, 0.717) is 19.1 Å². The summed E-state index contributed by atoms with van der Waals surface area (Å²) in [5.74, 6) is 5.25. The Hall–Kier alpha value is -1.99. The molecule has 1 aromatic heterocycles. The van der Waals surface area contributed by atoms with Crippen molar-refractivity contribution in [2.45, 2.75) is 33.7 Å². The van der Waals surface area contributed by atoms with E-state index in [0.717, 1.165) is 42.1 Å². The van der Waals surface area contributed by atoms with Gasteiger partial charge in [-0.2, -0.15) is 0 Å². The lowest BCUT2D eigenvalue weighted by atomic mass is 10.2. The van der Waals surface area contributed by atoms with Gasteiger partial charge in [0.25, 0.3) is 0 Å². The minimum atomic E-state index is 0.546. The van der Waals surface area contributed by atoms with Gasteiger partial charge in [0, 0.05) is 19.0 Å². The first-order valence-corrected chi connectivity index (χ1v) is 7.91. The molecular formula is C18H25N3O. The van der Waals surface area contributed by atoms with E-state index in [-0.39, 0.29) is 0 Å². The maximum absolute atomic E-state index is 5.55. The number of fused-ring (bicyclic) bond motifs is 1. The molecule has 1 N–H and O–H groups in total. The molecule has 2 rings (SSSR count). The summed E-state index contributed by atoms with van der Waals surface area (Å²) in [6.45, 7) is 9.51. The van der Waals surface area contributed by atoms with Crippen molar-refractivity contribution in [2.24, 2.45) is 5.92 Å². The molecule has 4 heteroatoms. The van der Waals surface area contributed by atoms with Crippen LogP contribution in [-0.2, 0) is 13.0 Å². The molecule has 0 fully saturated rings. The zero-order valence-electron chi connectivity index (χ0n) is 13.7. The van der Waals surface area contributed by atoms with Crippen LogP contribution in [0.2, 0.25) is 0 Å². The smallest absolute Gasteiger partial charge is 0.121 e. The van der Waals surface area contributed by atoms with Crippen LogP contribution in [0, 0.1) is 18.3 Å². The summed E-state index contributed by atoms with van der Waals surface area (Å²) in [5.41, 5.74) is 2.01. The van der Waals surface area contributed by atoms with Gasteiger partial charge in [0.05, 0.1) is 24.2 Å². The molecule has 0 spiro atoms. The Morgan fingerprint density at radius 3 is 2.91 bits per heavy atom. The predicted octanol–water partition coefficient (Wildman–Crippen LogP) is 2.86. The van der Waals surface area contributed by atoms with Gasteiger partial charge in [-0.15, -0.1) is 6.42 Å². The topological polar surface area (TPSA) is 39.1 Å². The van der Waals surface area contributed by atoms with E-state index in [1.165, 1.54) is 0 Å². The van der Waals surface area contributed by atoms with Crippen LogP contribution in [0.25, 0.3) is 11.0 Å². The van der Waals surface area contributed by atoms with Gasteiger partial charge >= 0.3 is 0 Å². The van der Waals surface area contributed by atoms with Crippen LogP contribution in [0.5, 0.6) is 5.75 Å². The summed E-state index contributed by atoms with van der Waals surface area (Å²) >= 11 is 0. The van der Waals surface area contributed by atoms with Gasteiger partial charge < -0.3 is 14.6 Å². The third kappa shape index (κ3) is 4.02. The van der Waals surface area contributed by atoms with Crippen molar-refractivity contribution in [1.29, 1.82) is 0 Å². The zero-order chi connectivity index (χ0) is 15.9. The number of ether oxygens (including phenoxy) is 1. The van der Waals surface area contributed by atoms with Crippen LogP contribution >= 0.6 is 0 Å². The number of aromatic nitrogens is 2. The van der Waals surface area contributed by atoms with Crippen molar-refractivity contribution in [1.82, 2.24) is 14.9 Å². The molecule has 0 radical (unpaired) electrons. The highest BCUT2D eigenvalue weighted by Crippen LogP contribution is 2.22. The third-order valence-electron chi connectivity index (χ3n) is 3.44. The highest BCUT2D eigenvalue weighted by atomic mass is 16.5. The molecule has 0 aliphatic carbocycles. The van der Waals surface area contributed by atoms with E-state index < -0.39 is 0 Å². The molecule has 0 aliphatic rings. The maximum atomic E-state index is 5.55. The van der Waals surface area contributed by atoms with Crippen LogP contribution in [-0.4, -0.2) is 29.2 Å². The standard InChI is InChI=1S/C18H25N3O/c1-5-11-21-17-8-7-15(22-6-2)12-16(17)20-18(21)9-10-19-13-14(3)4/h1,7-8,12,14,19H,6,9-11,13H2,2-4H3. The number of benzene rings is 1. The van der Waals surface area contributed by atoms with E-state index >= 15 is 0 Å². The van der Waals surface area contributed by atoms with E-state index in [9.17, 15) is 0 Å². The fraction of sp³-hybridized carbons (Fsp3) is 0.500. The summed E-state index contributed by atoms with van der Waals surface area (Å²) in [4.78, 5) is 4.74. The second kappa shape index (κ2) is 7.86. The van der Waals surface area contributed by atoms with Crippen LogP contribution in [0.1, 0.15) is 26.6 Å². The fourth-order valence-electron chi connectivity index (χ4n) is 2.47. The van der Waals surface area contributed by atoms with Gasteiger partial charge in [-0.1, -0.05) is 19.8 Å². The summed E-state index contributed by atoms with van der Waals surface area (Å²) in [7, 11) is 0. The minimum absolute atomic E-state index is 0.546. The van der Waals surface area contributed by atoms with E-state index in [4.69, 9.17) is 16.1 Å². The molecule has 1 heterocycles. The van der Waals surface area contributed by atoms with Gasteiger partial charge in [0.1, 0.15) is 11.6 Å². The number of terminal acetylenes is 1. The molecule has 0 aliphatic heterocycles. The minimum Gasteiger partial charge on any atom is -0.494 e. The lowest BCUT2D eigenvalue weighted by molar-refractivity contribution is 0.340. The van der Waals surface area contributed by atoms with Crippen molar-refractivity contribution in [2.75, 3.05) is 19.7 Å². The largest absolute Gasteiger partial charge is 0.494 e. The average molecular weight is 299 g/mol. The van der Waals surface area contributed by atoms with Crippen LogP contribution in [0.3, 0.4) is 0 Å². The first-order chi connectivity index (χ1) is 10.7. The van der Waals surface area contributed by atoms with E-state index in [1.807, 2.05) is 25.1 Å². The zero-order valence-corrected chi connectivity index (χ0v) is 13.7. The Labute approximate surface area is 132 Å². The molecule has 0 saturated carbocycles. The Morgan fingerprint density at radius 1 is 1.41 bits per heavy atom. The first kappa shape index (κ1) is 16.4. The summed E-state index contributed by atoms with van der Waals surface area (Å²) in [6.07, 6.45) is 6.38. The van der Waals surface area contributed by atoms with Crippen molar-refractivity contribution < 1.29 is 4.74 Å². The van der Waals surface area contributed by atoms with E-state index in [2.05, 4.69) is 29.7 Å². The normalized spacial score (nSPS) is 11.0. The Kier molecular flexibility index (Phi) is 5.85. The van der Waals surface area contributed by atoms with Gasteiger partial charge in [0.15, 0.2) is 0 Å². The highest BCUT2D eigenvalue weighted by molar-refractivity contribution is 5.78. The molecule has 0 saturated heterocycles. The number of hydrogen-bond donors (Lipinski definition) is 1. The third-order valence-corrected chi connectivity index (χ3v) is 3.44. The number of nitrogens with one attached hydrogen (secondary N) is 1. The monoisotopic (exact) mass is 299 g/mol. The number of hydrogen-bond acceptors (Lipinski definition) is 3. The number of imidazole rings is 1. The molecular weight excluding hydrogens is 274 g/mol. The molecule has 22 heavy (non-hydrogen) atoms. The van der Waals surface area contributed by atoms with Crippen molar-refractivity contribution in [3.63, 3.8) is 0 Å². The van der Waals surface area contributed by atoms with Crippen molar-refractivity contribution in [3.05, 3.63) is 24.0 Å². The van der Waals surface area contributed by atoms with Crippen molar-refractivity contribution in [3.8, 4) is 18.1 Å². The van der Waals surface area contributed by atoms with Gasteiger partial charge in [-0.3, -0.25) is 0 Å². The van der Waals surface area contributed by atoms with Crippen LogP contribution in [0.15, 0.2) is 18.2 Å². The fourth-order valence-corrected chi connectivity index (χ4v) is 2.47. The Balaban J connectivity index is 2.20. The van der Waals surface area contributed by atoms with Gasteiger partial charge in [-0.05, 0) is 31.5 Å². The summed E-state index contributed by atoms with van der Waals surface area (Å²) in [6, 6.07) is 5.99. The quantitative estimate of drug-likeness (QED) is 0.602. The Morgan fingerprint density at radius 2 is 2.23 bits per heavy atom. The molecule has 118 valence electrons. The SMILES string of the molecule is C#CCn1c(CCNCC(C)C)nc2cc(OCC)ccc21. The second-order valence-electron chi connectivity index (χ2n) is 5.75. The van der Waals surface area contributed by atoms with Crippen LogP contribution < -0.4 is 10.1 Å². The summed E-state index contributed by atoms with van der Waals surface area (Å²) < 4.78 is 7.66. The molecule has 4 nitrogen and oxygen atoms in total. The van der Waals surface area contributed by atoms with Crippen molar-refractivity contribution >= 4 is 11.0 Å². The Bertz CT molecular complexity index is 652. The molecule has 1 aromatic carbocycles. The number of nitrogens with zero attached hydrogens (tertiary/aromatic N) is 2. The summed E-state index contributed by atoms with van der Waals surface area (Å²) in [5, 5.41) is 3.45. The van der Waals surface area contributed by atoms with Gasteiger partial charge in [0.2, 0.25) is 0 Å². The molecule has 0 amide bonds. The average Bonchev–Trinajstić information content (AvgIpc) is 2.82. The van der Waals surface area contributed by atoms with E-state index in [1.54, 1.807) is 0 Å². The molecule has 0 bridgehead atoms. The highest BCUT2D eigenvalue weighted by Gasteiger charge is 2.10. The first-order valence-electron chi connectivity index (χ1n) is 7.91. The number of rotatable bonds is 8. The molecule has 2 aromatic rings. The second-order valence-corrected chi connectivity index (χ2v) is 5.75. The molecule has 0 atom stereocenters. The maximum Gasteiger partial charge on any atom is 0.121 e. The van der Waals surface area contributed by atoms with Gasteiger partial charge in [-0.25, -0.2) is 4.98 Å². The van der Waals surface area contributed by atoms with Crippen LogP contribution in [0.4, 0.5) is 0 Å². The lowest BCUT2D eigenvalue weighted by Gasteiger charge is -2.08.